The third-order valence-electron chi connectivity index (χ3n) is 5.13. The van der Waals surface area contributed by atoms with Crippen molar-refractivity contribution in [3.63, 3.8) is 0 Å². The summed E-state index contributed by atoms with van der Waals surface area (Å²) >= 11 is 0. The van der Waals surface area contributed by atoms with E-state index in [0.717, 1.165) is 13.1 Å². The van der Waals surface area contributed by atoms with Crippen molar-refractivity contribution in [1.82, 2.24) is 4.90 Å². The molecule has 2 aromatic carbocycles. The predicted octanol–water partition coefficient (Wildman–Crippen LogP) is 6.40. The van der Waals surface area contributed by atoms with Crippen molar-refractivity contribution in [1.29, 1.82) is 0 Å². The quantitative estimate of drug-likeness (QED) is 0.356. The maximum Gasteiger partial charge on any atom is 0.0997 e. The standard InChI is InChI=1S/C25H37NO/c1-7-8-9-10-26(16-24-14-19(2)11-20(3)15-24)18-27-17-25-22(5)12-21(4)13-23(25)6/h11-15H,7-10,16-18H2,1-6H3. The Hall–Kier alpha value is -1.64. The summed E-state index contributed by atoms with van der Waals surface area (Å²) in [6, 6.07) is 11.3. The van der Waals surface area contributed by atoms with Crippen LogP contribution in [0.15, 0.2) is 30.3 Å². The lowest BCUT2D eigenvalue weighted by molar-refractivity contribution is 0.0130. The Morgan fingerprint density at radius 3 is 1.96 bits per heavy atom. The van der Waals surface area contributed by atoms with Crippen molar-refractivity contribution in [2.45, 2.75) is 74.0 Å². The third-order valence-corrected chi connectivity index (χ3v) is 5.13. The number of nitrogens with zero attached hydrogens (tertiary/aromatic N) is 1. The van der Waals surface area contributed by atoms with Crippen molar-refractivity contribution in [3.8, 4) is 0 Å². The van der Waals surface area contributed by atoms with Crippen LogP contribution in [0.25, 0.3) is 0 Å². The second-order valence-corrected chi connectivity index (χ2v) is 8.11. The largest absolute Gasteiger partial charge is 0.361 e. The van der Waals surface area contributed by atoms with Crippen molar-refractivity contribution < 1.29 is 4.74 Å². The number of ether oxygens (including phenoxy) is 1. The fourth-order valence-electron chi connectivity index (χ4n) is 3.91. The molecule has 0 fully saturated rings. The van der Waals surface area contributed by atoms with Crippen LogP contribution in [0.2, 0.25) is 0 Å². The number of hydrogen-bond acceptors (Lipinski definition) is 2. The van der Waals surface area contributed by atoms with Gasteiger partial charge in [-0.05, 0) is 63.3 Å². The summed E-state index contributed by atoms with van der Waals surface area (Å²) in [7, 11) is 0. The Kier molecular flexibility index (Phi) is 8.53. The fourth-order valence-corrected chi connectivity index (χ4v) is 3.91. The van der Waals surface area contributed by atoms with E-state index in [2.05, 4.69) is 76.8 Å². The van der Waals surface area contributed by atoms with E-state index in [1.165, 1.54) is 58.2 Å². The molecule has 0 aromatic heterocycles. The highest BCUT2D eigenvalue weighted by molar-refractivity contribution is 5.37. The lowest BCUT2D eigenvalue weighted by Crippen LogP contribution is -2.27. The monoisotopic (exact) mass is 367 g/mol. The molecule has 2 aromatic rings. The molecule has 0 bridgehead atoms. The average Bonchev–Trinajstić information content (AvgIpc) is 2.56. The van der Waals surface area contributed by atoms with E-state index in [-0.39, 0.29) is 0 Å². The normalized spacial score (nSPS) is 11.4. The van der Waals surface area contributed by atoms with Gasteiger partial charge in [0.1, 0.15) is 0 Å². The molecule has 0 spiro atoms. The summed E-state index contributed by atoms with van der Waals surface area (Å²) in [6.07, 6.45) is 3.76. The molecule has 0 unspecified atom stereocenters. The highest BCUT2D eigenvalue weighted by Crippen LogP contribution is 2.18. The van der Waals surface area contributed by atoms with Gasteiger partial charge in [-0.25, -0.2) is 0 Å². The zero-order valence-corrected chi connectivity index (χ0v) is 18.2. The summed E-state index contributed by atoms with van der Waals surface area (Å²) in [6.45, 7) is 16.6. The van der Waals surface area contributed by atoms with Gasteiger partial charge in [0.05, 0.1) is 13.3 Å². The van der Waals surface area contributed by atoms with Crippen molar-refractivity contribution in [2.75, 3.05) is 13.3 Å². The van der Waals surface area contributed by atoms with E-state index in [1.54, 1.807) is 0 Å². The molecule has 0 aliphatic carbocycles. The van der Waals surface area contributed by atoms with Crippen LogP contribution in [0.5, 0.6) is 0 Å². The molecule has 2 nitrogen and oxygen atoms in total. The topological polar surface area (TPSA) is 12.5 Å². The molecule has 148 valence electrons. The van der Waals surface area contributed by atoms with Crippen LogP contribution in [0, 0.1) is 34.6 Å². The maximum absolute atomic E-state index is 6.17. The lowest BCUT2D eigenvalue weighted by atomic mass is 10.0. The first kappa shape index (κ1) is 21.7. The number of benzene rings is 2. The fraction of sp³-hybridized carbons (Fsp3) is 0.520. The van der Waals surface area contributed by atoms with Gasteiger partial charge in [-0.15, -0.1) is 0 Å². The Morgan fingerprint density at radius 2 is 1.37 bits per heavy atom. The molecule has 0 saturated carbocycles. The second kappa shape index (κ2) is 10.6. The molecule has 0 aliphatic heterocycles. The van der Waals surface area contributed by atoms with Gasteiger partial charge in [-0.3, -0.25) is 4.90 Å². The molecule has 0 atom stereocenters. The van der Waals surface area contributed by atoms with Crippen molar-refractivity contribution in [2.24, 2.45) is 0 Å². The van der Waals surface area contributed by atoms with Crippen LogP contribution in [0.3, 0.4) is 0 Å². The first-order chi connectivity index (χ1) is 12.9. The van der Waals surface area contributed by atoms with Crippen LogP contribution in [0.1, 0.15) is 65.1 Å². The first-order valence-electron chi connectivity index (χ1n) is 10.3. The lowest BCUT2D eigenvalue weighted by Gasteiger charge is -2.23. The van der Waals surface area contributed by atoms with E-state index in [9.17, 15) is 0 Å². The summed E-state index contributed by atoms with van der Waals surface area (Å²) in [5, 5.41) is 0. The molecule has 2 rings (SSSR count). The van der Waals surface area contributed by atoms with Gasteiger partial charge in [0.25, 0.3) is 0 Å². The molecule has 0 heterocycles. The van der Waals surface area contributed by atoms with E-state index in [0.29, 0.717) is 13.3 Å². The smallest absolute Gasteiger partial charge is 0.0997 e. The number of hydrogen-bond donors (Lipinski definition) is 0. The highest BCUT2D eigenvalue weighted by Gasteiger charge is 2.09. The minimum atomic E-state index is 0.684. The van der Waals surface area contributed by atoms with Gasteiger partial charge in [-0.1, -0.05) is 66.8 Å². The predicted molar refractivity (Wildman–Crippen MR) is 116 cm³/mol. The molecule has 0 saturated heterocycles. The number of rotatable bonds is 10. The van der Waals surface area contributed by atoms with E-state index >= 15 is 0 Å². The first-order valence-corrected chi connectivity index (χ1v) is 10.3. The third kappa shape index (κ3) is 7.12. The number of unbranched alkanes of at least 4 members (excludes halogenated alkanes) is 2. The Labute approximate surface area is 166 Å². The molecule has 0 amide bonds. The second-order valence-electron chi connectivity index (χ2n) is 8.11. The van der Waals surface area contributed by atoms with Gasteiger partial charge in [0.15, 0.2) is 0 Å². The van der Waals surface area contributed by atoms with Gasteiger partial charge in [-0.2, -0.15) is 0 Å². The maximum atomic E-state index is 6.17. The molecule has 0 aliphatic rings. The van der Waals surface area contributed by atoms with Crippen LogP contribution in [-0.2, 0) is 17.9 Å². The summed E-state index contributed by atoms with van der Waals surface area (Å²) in [5.74, 6) is 0. The summed E-state index contributed by atoms with van der Waals surface area (Å²) in [4.78, 5) is 2.45. The summed E-state index contributed by atoms with van der Waals surface area (Å²) in [5.41, 5.74) is 9.38. The Morgan fingerprint density at radius 1 is 0.778 bits per heavy atom. The SMILES string of the molecule is CCCCCN(COCc1c(C)cc(C)cc1C)Cc1cc(C)cc(C)c1. The van der Waals surface area contributed by atoms with Gasteiger partial charge < -0.3 is 4.74 Å². The zero-order chi connectivity index (χ0) is 19.8. The van der Waals surface area contributed by atoms with Crippen LogP contribution in [-0.4, -0.2) is 18.2 Å². The minimum Gasteiger partial charge on any atom is -0.361 e. The van der Waals surface area contributed by atoms with Crippen LogP contribution >= 0.6 is 0 Å². The van der Waals surface area contributed by atoms with Gasteiger partial charge >= 0.3 is 0 Å². The van der Waals surface area contributed by atoms with Gasteiger partial charge in [0, 0.05) is 13.1 Å². The zero-order valence-electron chi connectivity index (χ0n) is 18.2. The molecule has 0 N–H and O–H groups in total. The summed E-state index contributed by atoms with van der Waals surface area (Å²) < 4.78 is 6.17. The highest BCUT2D eigenvalue weighted by atomic mass is 16.5. The molecule has 0 radical (unpaired) electrons. The molecular weight excluding hydrogens is 330 g/mol. The average molecular weight is 368 g/mol. The van der Waals surface area contributed by atoms with E-state index < -0.39 is 0 Å². The number of aryl methyl sites for hydroxylation is 5. The van der Waals surface area contributed by atoms with E-state index in [4.69, 9.17) is 4.74 Å². The molecule has 2 heteroatoms. The minimum absolute atomic E-state index is 0.684. The van der Waals surface area contributed by atoms with Crippen molar-refractivity contribution in [3.05, 3.63) is 69.3 Å². The van der Waals surface area contributed by atoms with E-state index in [1.807, 2.05) is 0 Å². The van der Waals surface area contributed by atoms with Crippen LogP contribution < -0.4 is 0 Å². The molecular formula is C25H37NO. The Bertz CT molecular complexity index is 692. The Balaban J connectivity index is 1.99. The molecule has 27 heavy (non-hydrogen) atoms. The van der Waals surface area contributed by atoms with Gasteiger partial charge in [0.2, 0.25) is 0 Å². The van der Waals surface area contributed by atoms with Crippen molar-refractivity contribution >= 4 is 0 Å². The van der Waals surface area contributed by atoms with Crippen LogP contribution in [0.4, 0.5) is 0 Å².